The molecule has 0 spiro atoms. The molecule has 15 heavy (non-hydrogen) atoms. The molecule has 0 heterocycles. The Morgan fingerprint density at radius 2 is 2.07 bits per heavy atom. The van der Waals surface area contributed by atoms with E-state index < -0.39 is 0 Å². The van der Waals surface area contributed by atoms with Gasteiger partial charge in [-0.1, -0.05) is 12.8 Å². The lowest BCUT2D eigenvalue weighted by Gasteiger charge is -2.20. The molecule has 1 N–H and O–H groups in total. The molecule has 1 aliphatic carbocycles. The second kappa shape index (κ2) is 4.97. The Kier molecular flexibility index (Phi) is 4.14. The lowest BCUT2D eigenvalue weighted by molar-refractivity contribution is -0.131. The Labute approximate surface area is 92.6 Å². The van der Waals surface area contributed by atoms with Gasteiger partial charge in [0.1, 0.15) is 6.61 Å². The van der Waals surface area contributed by atoms with Crippen LogP contribution in [0, 0.1) is 5.92 Å². The van der Waals surface area contributed by atoms with Crippen LogP contribution >= 0.6 is 0 Å². The zero-order valence-corrected chi connectivity index (χ0v) is 10.3. The SMILES string of the molecule is CC(CC1CC1)NC(=O)COC(C)(C)C. The second-order valence-electron chi connectivity index (χ2n) is 5.55. The average molecular weight is 213 g/mol. The third-order valence-electron chi connectivity index (χ3n) is 2.43. The number of nitrogens with one attached hydrogen (secondary N) is 1. The van der Waals surface area contributed by atoms with E-state index in [-0.39, 0.29) is 24.2 Å². The molecule has 1 unspecified atom stereocenters. The molecular weight excluding hydrogens is 190 g/mol. The van der Waals surface area contributed by atoms with Crippen LogP contribution in [0.25, 0.3) is 0 Å². The van der Waals surface area contributed by atoms with Crippen molar-refractivity contribution in [1.82, 2.24) is 5.32 Å². The molecule has 3 heteroatoms. The second-order valence-corrected chi connectivity index (χ2v) is 5.55. The maximum Gasteiger partial charge on any atom is 0.246 e. The van der Waals surface area contributed by atoms with Gasteiger partial charge >= 0.3 is 0 Å². The summed E-state index contributed by atoms with van der Waals surface area (Å²) >= 11 is 0. The molecule has 0 saturated heterocycles. The van der Waals surface area contributed by atoms with Gasteiger partial charge in [0, 0.05) is 6.04 Å². The van der Waals surface area contributed by atoms with E-state index in [1.807, 2.05) is 20.8 Å². The van der Waals surface area contributed by atoms with E-state index in [1.165, 1.54) is 12.8 Å². The Morgan fingerprint density at radius 1 is 1.47 bits per heavy atom. The van der Waals surface area contributed by atoms with Crippen LogP contribution in [-0.2, 0) is 9.53 Å². The van der Waals surface area contributed by atoms with Crippen LogP contribution in [0.4, 0.5) is 0 Å². The minimum absolute atomic E-state index is 0.00178. The molecule has 0 aromatic rings. The first kappa shape index (κ1) is 12.5. The van der Waals surface area contributed by atoms with Crippen molar-refractivity contribution in [3.63, 3.8) is 0 Å². The quantitative estimate of drug-likeness (QED) is 0.759. The molecule has 1 fully saturated rings. The van der Waals surface area contributed by atoms with Crippen LogP contribution in [0.1, 0.15) is 47.0 Å². The van der Waals surface area contributed by atoms with Gasteiger partial charge < -0.3 is 10.1 Å². The van der Waals surface area contributed by atoms with E-state index in [1.54, 1.807) is 0 Å². The van der Waals surface area contributed by atoms with Crippen LogP contribution in [0.5, 0.6) is 0 Å². The molecule has 0 aliphatic heterocycles. The topological polar surface area (TPSA) is 38.3 Å². The molecule has 0 bridgehead atoms. The molecule has 0 aromatic carbocycles. The lowest BCUT2D eigenvalue weighted by atomic mass is 10.1. The zero-order chi connectivity index (χ0) is 11.5. The molecule has 1 aliphatic rings. The van der Waals surface area contributed by atoms with Crippen molar-refractivity contribution in [2.45, 2.75) is 58.6 Å². The van der Waals surface area contributed by atoms with Gasteiger partial charge in [-0.05, 0) is 40.0 Å². The van der Waals surface area contributed by atoms with E-state index in [0.717, 1.165) is 12.3 Å². The number of hydrogen-bond acceptors (Lipinski definition) is 2. The van der Waals surface area contributed by atoms with Crippen LogP contribution in [0.2, 0.25) is 0 Å². The van der Waals surface area contributed by atoms with Crippen molar-refractivity contribution < 1.29 is 9.53 Å². The van der Waals surface area contributed by atoms with Crippen LogP contribution in [-0.4, -0.2) is 24.2 Å². The highest BCUT2D eigenvalue weighted by atomic mass is 16.5. The summed E-state index contributed by atoms with van der Waals surface area (Å²) in [6.07, 6.45) is 3.78. The van der Waals surface area contributed by atoms with Crippen molar-refractivity contribution in [3.8, 4) is 0 Å². The molecule has 0 aromatic heterocycles. The number of carbonyl (C=O) groups excluding carboxylic acids is 1. The summed E-state index contributed by atoms with van der Waals surface area (Å²) in [6.45, 7) is 8.08. The number of hydrogen-bond donors (Lipinski definition) is 1. The monoisotopic (exact) mass is 213 g/mol. The normalized spacial score (nSPS) is 18.7. The molecular formula is C12H23NO2. The van der Waals surface area contributed by atoms with Crippen molar-refractivity contribution in [3.05, 3.63) is 0 Å². The van der Waals surface area contributed by atoms with Gasteiger partial charge in [0.15, 0.2) is 0 Å². The third-order valence-corrected chi connectivity index (χ3v) is 2.43. The molecule has 0 radical (unpaired) electrons. The summed E-state index contributed by atoms with van der Waals surface area (Å²) in [5.74, 6) is 0.849. The summed E-state index contributed by atoms with van der Waals surface area (Å²) < 4.78 is 5.40. The fourth-order valence-electron chi connectivity index (χ4n) is 1.51. The van der Waals surface area contributed by atoms with Crippen molar-refractivity contribution in [1.29, 1.82) is 0 Å². The molecule has 3 nitrogen and oxygen atoms in total. The van der Waals surface area contributed by atoms with Crippen LogP contribution in [0.15, 0.2) is 0 Å². The van der Waals surface area contributed by atoms with Gasteiger partial charge in [0.25, 0.3) is 0 Å². The van der Waals surface area contributed by atoms with Crippen molar-refractivity contribution >= 4 is 5.91 Å². The predicted molar refractivity (Wildman–Crippen MR) is 60.7 cm³/mol. The van der Waals surface area contributed by atoms with Crippen molar-refractivity contribution in [2.75, 3.05) is 6.61 Å². The van der Waals surface area contributed by atoms with E-state index in [9.17, 15) is 4.79 Å². The first-order chi connectivity index (χ1) is 6.87. The highest BCUT2D eigenvalue weighted by molar-refractivity contribution is 5.77. The highest BCUT2D eigenvalue weighted by Crippen LogP contribution is 2.33. The molecule has 1 amide bonds. The smallest absolute Gasteiger partial charge is 0.246 e. The van der Waals surface area contributed by atoms with E-state index in [2.05, 4.69) is 12.2 Å². The fraction of sp³-hybridized carbons (Fsp3) is 0.917. The van der Waals surface area contributed by atoms with Gasteiger partial charge in [-0.25, -0.2) is 0 Å². The molecule has 1 saturated carbocycles. The first-order valence-electron chi connectivity index (χ1n) is 5.80. The third kappa shape index (κ3) is 6.50. The van der Waals surface area contributed by atoms with Gasteiger partial charge in [-0.2, -0.15) is 0 Å². The minimum Gasteiger partial charge on any atom is -0.366 e. The fourth-order valence-corrected chi connectivity index (χ4v) is 1.51. The summed E-state index contributed by atoms with van der Waals surface area (Å²) in [4.78, 5) is 11.5. The van der Waals surface area contributed by atoms with Gasteiger partial charge in [-0.3, -0.25) is 4.79 Å². The Balaban J connectivity index is 2.11. The standard InChI is InChI=1S/C12H23NO2/c1-9(7-10-5-6-10)13-11(14)8-15-12(2,3)4/h9-10H,5-8H2,1-4H3,(H,13,14). The Bertz CT molecular complexity index is 216. The zero-order valence-electron chi connectivity index (χ0n) is 10.3. The summed E-state index contributed by atoms with van der Waals surface area (Å²) in [6, 6.07) is 0.286. The van der Waals surface area contributed by atoms with Gasteiger partial charge in [0.05, 0.1) is 5.60 Å². The van der Waals surface area contributed by atoms with Crippen LogP contribution in [0.3, 0.4) is 0 Å². The number of ether oxygens (including phenoxy) is 1. The summed E-state index contributed by atoms with van der Waals surface area (Å²) in [5, 5.41) is 2.96. The maximum atomic E-state index is 11.5. The lowest BCUT2D eigenvalue weighted by Crippen LogP contribution is -2.37. The minimum atomic E-state index is -0.239. The average Bonchev–Trinajstić information content (AvgIpc) is 2.83. The summed E-state index contributed by atoms with van der Waals surface area (Å²) in [5.41, 5.74) is -0.239. The van der Waals surface area contributed by atoms with E-state index in [0.29, 0.717) is 0 Å². The predicted octanol–water partition coefficient (Wildman–Crippen LogP) is 2.11. The molecule has 88 valence electrons. The van der Waals surface area contributed by atoms with E-state index >= 15 is 0 Å². The largest absolute Gasteiger partial charge is 0.366 e. The van der Waals surface area contributed by atoms with E-state index in [4.69, 9.17) is 4.74 Å². The number of carbonyl (C=O) groups is 1. The number of rotatable bonds is 5. The Morgan fingerprint density at radius 3 is 2.53 bits per heavy atom. The van der Waals surface area contributed by atoms with Gasteiger partial charge in [-0.15, -0.1) is 0 Å². The Hall–Kier alpha value is -0.570. The summed E-state index contributed by atoms with van der Waals surface area (Å²) in [7, 11) is 0. The van der Waals surface area contributed by atoms with Crippen molar-refractivity contribution in [2.24, 2.45) is 5.92 Å². The maximum absolute atomic E-state index is 11.5. The first-order valence-corrected chi connectivity index (χ1v) is 5.80. The molecule has 1 rings (SSSR count). The number of amides is 1. The highest BCUT2D eigenvalue weighted by Gasteiger charge is 2.24. The molecule has 1 atom stereocenters. The van der Waals surface area contributed by atoms with Gasteiger partial charge in [0.2, 0.25) is 5.91 Å². The van der Waals surface area contributed by atoms with Crippen LogP contribution < -0.4 is 5.32 Å².